The fraction of sp³-hybridized carbons (Fsp3) is 0.167. The van der Waals surface area contributed by atoms with Gasteiger partial charge in [0.1, 0.15) is 0 Å². The van der Waals surface area contributed by atoms with Crippen LogP contribution >= 0.6 is 0 Å². The van der Waals surface area contributed by atoms with E-state index in [1.165, 1.54) is 37.4 Å². The van der Waals surface area contributed by atoms with E-state index in [0.29, 0.717) is 12.8 Å². The second-order valence-electron chi connectivity index (χ2n) is 3.70. The zero-order valence-electron chi connectivity index (χ0n) is 9.41. The molecule has 0 aliphatic carbocycles. The molecule has 0 aromatic rings. The average Bonchev–Trinajstić information content (AvgIpc) is 2.82. The van der Waals surface area contributed by atoms with Crippen molar-refractivity contribution in [3.63, 3.8) is 0 Å². The number of amides is 4. The smallest absolute Gasteiger partial charge is 0.253 e. The maximum absolute atomic E-state index is 11.2. The molecule has 0 bridgehead atoms. The zero-order chi connectivity index (χ0) is 13.1. The van der Waals surface area contributed by atoms with Crippen molar-refractivity contribution in [2.45, 2.75) is 12.8 Å². The first kappa shape index (κ1) is 12.2. The van der Waals surface area contributed by atoms with Crippen LogP contribution in [0.1, 0.15) is 12.8 Å². The number of hydrogen-bond acceptors (Lipinski definition) is 4. The van der Waals surface area contributed by atoms with E-state index >= 15 is 0 Å². The fourth-order valence-corrected chi connectivity index (χ4v) is 1.59. The number of carbonyl (C=O) groups excluding carboxylic acids is 4. The van der Waals surface area contributed by atoms with Gasteiger partial charge in [0.25, 0.3) is 23.6 Å². The highest BCUT2D eigenvalue weighted by molar-refractivity contribution is 6.14. The maximum atomic E-state index is 11.2. The van der Waals surface area contributed by atoms with E-state index in [4.69, 9.17) is 0 Å². The van der Waals surface area contributed by atoms with Gasteiger partial charge in [-0.25, -0.2) is 0 Å². The van der Waals surface area contributed by atoms with Crippen molar-refractivity contribution in [3.05, 3.63) is 37.4 Å². The van der Waals surface area contributed by atoms with Gasteiger partial charge in [-0.05, 0) is 12.8 Å². The fourth-order valence-electron chi connectivity index (χ4n) is 1.59. The highest BCUT2D eigenvalue weighted by Crippen LogP contribution is 2.13. The lowest BCUT2D eigenvalue weighted by molar-refractivity contribution is -0.137. The minimum atomic E-state index is -0.380. The predicted octanol–water partition coefficient (Wildman–Crippen LogP) is -0.0598. The minimum Gasteiger partial charge on any atom is -0.270 e. The van der Waals surface area contributed by atoms with Gasteiger partial charge in [0, 0.05) is 24.3 Å². The summed E-state index contributed by atoms with van der Waals surface area (Å²) in [5, 5.41) is 0. The molecule has 0 aromatic heterocycles. The monoisotopic (exact) mass is 246 g/mol. The van der Waals surface area contributed by atoms with Crippen LogP contribution in [0.25, 0.3) is 0 Å². The first-order chi connectivity index (χ1) is 8.59. The van der Waals surface area contributed by atoms with Crippen LogP contribution in [-0.2, 0) is 19.2 Å². The summed E-state index contributed by atoms with van der Waals surface area (Å²) in [5.74, 6) is -1.52. The lowest BCUT2D eigenvalue weighted by Gasteiger charge is -2.15. The zero-order valence-corrected chi connectivity index (χ0v) is 9.41. The molecule has 2 radical (unpaired) electrons. The first-order valence-electron chi connectivity index (χ1n) is 5.37. The molecule has 4 amide bonds. The molecule has 0 fully saturated rings. The van der Waals surface area contributed by atoms with E-state index in [1.54, 1.807) is 0 Å². The molecule has 92 valence electrons. The van der Waals surface area contributed by atoms with Crippen LogP contribution in [0, 0.1) is 13.1 Å². The molecule has 18 heavy (non-hydrogen) atoms. The van der Waals surface area contributed by atoms with Gasteiger partial charge in [-0.1, -0.05) is 0 Å². The Morgan fingerprint density at radius 3 is 1.22 bits per heavy atom. The largest absolute Gasteiger partial charge is 0.270 e. The van der Waals surface area contributed by atoms with Gasteiger partial charge in [0.05, 0.1) is 13.1 Å². The van der Waals surface area contributed by atoms with E-state index in [2.05, 4.69) is 0 Å². The van der Waals surface area contributed by atoms with Crippen LogP contribution in [-0.4, -0.2) is 33.4 Å². The lowest BCUT2D eigenvalue weighted by Crippen LogP contribution is -2.29. The number of hydrogen-bond donors (Lipinski definition) is 0. The normalized spacial score (nSPS) is 18.7. The Morgan fingerprint density at radius 2 is 0.944 bits per heavy atom. The number of carbonyl (C=O) groups is 4. The van der Waals surface area contributed by atoms with Crippen LogP contribution < -0.4 is 0 Å². The molecule has 2 rings (SSSR count). The van der Waals surface area contributed by atoms with Crippen molar-refractivity contribution in [1.82, 2.24) is 9.80 Å². The minimum absolute atomic E-state index is 0.380. The third-order valence-electron chi connectivity index (χ3n) is 2.48. The number of unbranched alkanes of at least 4 members (excludes halogenated alkanes) is 1. The Kier molecular flexibility index (Phi) is 3.36. The molecule has 2 aliphatic rings. The number of rotatable bonds is 5. The van der Waals surface area contributed by atoms with Crippen LogP contribution in [0.4, 0.5) is 0 Å². The topological polar surface area (TPSA) is 74.8 Å². The molecule has 0 saturated carbocycles. The molecular formula is C12H10N2O4. The molecule has 6 heteroatoms. The quantitative estimate of drug-likeness (QED) is 0.503. The average molecular weight is 246 g/mol. The Morgan fingerprint density at radius 1 is 0.667 bits per heavy atom. The SMILES string of the molecule is O=C1C=CC(=O)N1[CH]CC[CH]N1C(=O)C=CC1=O. The summed E-state index contributed by atoms with van der Waals surface area (Å²) in [4.78, 5) is 46.7. The molecule has 6 nitrogen and oxygen atoms in total. The van der Waals surface area contributed by atoms with Gasteiger partial charge in [-0.2, -0.15) is 0 Å². The van der Waals surface area contributed by atoms with Crippen LogP contribution in [0.2, 0.25) is 0 Å². The molecular weight excluding hydrogens is 236 g/mol. The summed E-state index contributed by atoms with van der Waals surface area (Å²) in [6, 6.07) is 0. The van der Waals surface area contributed by atoms with Crippen molar-refractivity contribution in [2.75, 3.05) is 0 Å². The van der Waals surface area contributed by atoms with Crippen molar-refractivity contribution in [2.24, 2.45) is 0 Å². The van der Waals surface area contributed by atoms with Crippen molar-refractivity contribution in [3.8, 4) is 0 Å². The van der Waals surface area contributed by atoms with Crippen molar-refractivity contribution < 1.29 is 19.2 Å². The number of imide groups is 2. The Bertz CT molecular complexity index is 398. The third kappa shape index (κ3) is 2.37. The number of nitrogens with zero attached hydrogens (tertiary/aromatic N) is 2. The molecule has 0 saturated heterocycles. The standard InChI is InChI=1S/C12H10N2O4/c15-9-3-4-10(16)13(9)7-1-2-8-14-11(17)5-6-12(14)18/h3-8H,1-2H2. The van der Waals surface area contributed by atoms with E-state index in [1.807, 2.05) is 0 Å². The van der Waals surface area contributed by atoms with Gasteiger partial charge >= 0.3 is 0 Å². The van der Waals surface area contributed by atoms with Crippen LogP contribution in [0.5, 0.6) is 0 Å². The first-order valence-corrected chi connectivity index (χ1v) is 5.37. The third-order valence-corrected chi connectivity index (χ3v) is 2.48. The molecule has 0 atom stereocenters. The summed E-state index contributed by atoms with van der Waals surface area (Å²) < 4.78 is 0. The Hall–Kier alpha value is -2.24. The van der Waals surface area contributed by atoms with Gasteiger partial charge in [0.15, 0.2) is 0 Å². The Labute approximate surface area is 104 Å². The van der Waals surface area contributed by atoms with Gasteiger partial charge in [0.2, 0.25) is 0 Å². The highest BCUT2D eigenvalue weighted by Gasteiger charge is 2.25. The molecule has 2 heterocycles. The van der Waals surface area contributed by atoms with Crippen molar-refractivity contribution >= 4 is 23.6 Å². The molecule has 0 N–H and O–H groups in total. The van der Waals surface area contributed by atoms with E-state index in [9.17, 15) is 19.2 Å². The second-order valence-corrected chi connectivity index (χ2v) is 3.70. The summed E-state index contributed by atoms with van der Waals surface area (Å²) in [6.45, 7) is 2.89. The lowest BCUT2D eigenvalue weighted by atomic mass is 10.2. The van der Waals surface area contributed by atoms with E-state index < -0.39 is 0 Å². The van der Waals surface area contributed by atoms with Gasteiger partial charge in [-0.15, -0.1) is 0 Å². The van der Waals surface area contributed by atoms with Gasteiger partial charge < -0.3 is 0 Å². The molecule has 0 aromatic carbocycles. The summed E-state index contributed by atoms with van der Waals surface area (Å²) in [6.07, 6.45) is 5.55. The van der Waals surface area contributed by atoms with Crippen LogP contribution in [0.15, 0.2) is 24.3 Å². The maximum Gasteiger partial charge on any atom is 0.253 e. The summed E-state index contributed by atoms with van der Waals surface area (Å²) >= 11 is 0. The van der Waals surface area contributed by atoms with E-state index in [-0.39, 0.29) is 23.6 Å². The predicted molar refractivity (Wildman–Crippen MR) is 59.8 cm³/mol. The molecule has 0 spiro atoms. The van der Waals surface area contributed by atoms with Crippen molar-refractivity contribution in [1.29, 1.82) is 0 Å². The van der Waals surface area contributed by atoms with Gasteiger partial charge in [-0.3, -0.25) is 29.0 Å². The van der Waals surface area contributed by atoms with E-state index in [0.717, 1.165) is 9.80 Å². The summed E-state index contributed by atoms with van der Waals surface area (Å²) in [5.41, 5.74) is 0. The molecule has 2 aliphatic heterocycles. The highest BCUT2D eigenvalue weighted by atomic mass is 16.2. The summed E-state index contributed by atoms with van der Waals surface area (Å²) in [7, 11) is 0. The Balaban J connectivity index is 1.71. The molecule has 0 unspecified atom stereocenters. The second kappa shape index (κ2) is 4.95. The van der Waals surface area contributed by atoms with Crippen LogP contribution in [0.3, 0.4) is 0 Å².